The molecular weight excluding hydrogens is 319 g/mol. The molecule has 2 aromatic carbocycles. The van der Waals surface area contributed by atoms with Gasteiger partial charge < -0.3 is 5.32 Å². The van der Waals surface area contributed by atoms with E-state index in [1.807, 2.05) is 18.2 Å². The highest BCUT2D eigenvalue weighted by atomic mass is 19.1. The third-order valence-corrected chi connectivity index (χ3v) is 4.50. The molecule has 0 heterocycles. The van der Waals surface area contributed by atoms with Gasteiger partial charge in [0.15, 0.2) is 0 Å². The van der Waals surface area contributed by atoms with Crippen molar-refractivity contribution in [3.05, 3.63) is 76.6 Å². The Kier molecular flexibility index (Phi) is 5.58. The highest BCUT2D eigenvalue weighted by Crippen LogP contribution is 2.32. The van der Waals surface area contributed by atoms with Crippen LogP contribution in [0.2, 0.25) is 0 Å². The lowest BCUT2D eigenvalue weighted by Crippen LogP contribution is -2.21. The molecule has 3 rings (SSSR count). The minimum atomic E-state index is -0.541. The van der Waals surface area contributed by atoms with E-state index >= 15 is 0 Å². The molecule has 0 saturated carbocycles. The van der Waals surface area contributed by atoms with Gasteiger partial charge in [-0.15, -0.1) is 0 Å². The third kappa shape index (κ3) is 4.53. The fraction of sp³-hybridized carbons (Fsp3) is 0.250. The zero-order valence-corrected chi connectivity index (χ0v) is 13.8. The van der Waals surface area contributed by atoms with Gasteiger partial charge in [-0.1, -0.05) is 30.3 Å². The predicted octanol–water partition coefficient (Wildman–Crippen LogP) is 3.16. The smallest absolute Gasteiger partial charge is 0.267 e. The summed E-state index contributed by atoms with van der Waals surface area (Å²) < 4.78 is 12.9. The van der Waals surface area contributed by atoms with Crippen LogP contribution in [0.25, 0.3) is 6.08 Å². The van der Waals surface area contributed by atoms with Gasteiger partial charge in [-0.25, -0.2) is 9.87 Å². The number of nitrogens with one attached hydrogen (secondary N) is 2. The molecule has 25 heavy (non-hydrogen) atoms. The van der Waals surface area contributed by atoms with Gasteiger partial charge in [0.2, 0.25) is 0 Å². The van der Waals surface area contributed by atoms with Crippen molar-refractivity contribution in [1.82, 2.24) is 10.8 Å². The molecule has 1 aliphatic carbocycles. The molecule has 1 unspecified atom stereocenters. The van der Waals surface area contributed by atoms with Crippen molar-refractivity contribution >= 4 is 12.0 Å². The van der Waals surface area contributed by atoms with Gasteiger partial charge in [-0.2, -0.15) is 0 Å². The van der Waals surface area contributed by atoms with Crippen molar-refractivity contribution < 1.29 is 14.4 Å². The Hall–Kier alpha value is -2.50. The molecule has 0 bridgehead atoms. The van der Waals surface area contributed by atoms with Crippen LogP contribution in [0.1, 0.15) is 34.7 Å². The summed E-state index contributed by atoms with van der Waals surface area (Å²) in [6.07, 6.45) is 5.89. The van der Waals surface area contributed by atoms with E-state index in [-0.39, 0.29) is 5.82 Å². The predicted molar refractivity (Wildman–Crippen MR) is 94.6 cm³/mol. The van der Waals surface area contributed by atoms with Gasteiger partial charge in [0.25, 0.3) is 5.91 Å². The lowest BCUT2D eigenvalue weighted by molar-refractivity contribution is -0.124. The van der Waals surface area contributed by atoms with E-state index in [4.69, 9.17) is 5.21 Å². The number of amides is 1. The van der Waals surface area contributed by atoms with E-state index in [1.54, 1.807) is 11.6 Å². The third-order valence-electron chi connectivity index (χ3n) is 4.50. The van der Waals surface area contributed by atoms with Crippen molar-refractivity contribution in [2.24, 2.45) is 0 Å². The monoisotopic (exact) mass is 340 g/mol. The molecule has 0 radical (unpaired) electrons. The molecule has 0 spiro atoms. The Morgan fingerprint density at radius 3 is 2.80 bits per heavy atom. The second-order valence-electron chi connectivity index (χ2n) is 6.19. The first-order chi connectivity index (χ1) is 12.2. The Balaban J connectivity index is 1.57. The van der Waals surface area contributed by atoms with Crippen LogP contribution in [0.3, 0.4) is 0 Å². The quantitative estimate of drug-likeness (QED) is 0.430. The van der Waals surface area contributed by atoms with Crippen LogP contribution in [-0.2, 0) is 17.6 Å². The van der Waals surface area contributed by atoms with Gasteiger partial charge in [-0.05, 0) is 66.3 Å². The first kappa shape index (κ1) is 17.3. The maximum Gasteiger partial charge on any atom is 0.267 e. The summed E-state index contributed by atoms with van der Waals surface area (Å²) in [6.45, 7) is 0.841. The molecule has 1 atom stereocenters. The van der Waals surface area contributed by atoms with E-state index in [1.165, 1.54) is 29.3 Å². The summed E-state index contributed by atoms with van der Waals surface area (Å²) in [5.74, 6) is -0.747. The normalized spacial score (nSPS) is 16.2. The lowest BCUT2D eigenvalue weighted by Gasteiger charge is -2.14. The first-order valence-electron chi connectivity index (χ1n) is 8.38. The average Bonchev–Trinajstić information content (AvgIpc) is 3.03. The Morgan fingerprint density at radius 2 is 2.04 bits per heavy atom. The molecule has 0 saturated heterocycles. The van der Waals surface area contributed by atoms with Crippen LogP contribution in [0.5, 0.6) is 0 Å². The van der Waals surface area contributed by atoms with Crippen molar-refractivity contribution in [3.63, 3.8) is 0 Å². The molecule has 2 aromatic rings. The Bertz CT molecular complexity index is 772. The van der Waals surface area contributed by atoms with Crippen LogP contribution in [0.4, 0.5) is 4.39 Å². The molecule has 130 valence electrons. The van der Waals surface area contributed by atoms with Crippen molar-refractivity contribution in [1.29, 1.82) is 0 Å². The van der Waals surface area contributed by atoms with E-state index < -0.39 is 5.91 Å². The minimum Gasteiger partial charge on any atom is -0.310 e. The summed E-state index contributed by atoms with van der Waals surface area (Å²) in [5, 5.41) is 12.1. The number of carbonyl (C=O) groups is 1. The largest absolute Gasteiger partial charge is 0.310 e. The maximum atomic E-state index is 12.9. The molecule has 1 amide bonds. The molecule has 0 aromatic heterocycles. The molecule has 0 aliphatic heterocycles. The number of hydrogen-bond acceptors (Lipinski definition) is 3. The topological polar surface area (TPSA) is 61.4 Å². The second-order valence-corrected chi connectivity index (χ2v) is 6.19. The summed E-state index contributed by atoms with van der Waals surface area (Å²) in [7, 11) is 0. The fourth-order valence-electron chi connectivity index (χ4n) is 3.20. The van der Waals surface area contributed by atoms with Gasteiger partial charge in [0.05, 0.1) is 0 Å². The summed E-state index contributed by atoms with van der Waals surface area (Å²) in [6, 6.07) is 13.1. The molecule has 3 N–H and O–H groups in total. The fourth-order valence-corrected chi connectivity index (χ4v) is 3.20. The van der Waals surface area contributed by atoms with Gasteiger partial charge in [0, 0.05) is 12.1 Å². The number of benzene rings is 2. The number of rotatable bonds is 6. The van der Waals surface area contributed by atoms with Gasteiger partial charge in [0.1, 0.15) is 5.82 Å². The van der Waals surface area contributed by atoms with Crippen LogP contribution in [-0.4, -0.2) is 17.7 Å². The Morgan fingerprint density at radius 1 is 1.24 bits per heavy atom. The summed E-state index contributed by atoms with van der Waals surface area (Å²) in [4.78, 5) is 11.0. The van der Waals surface area contributed by atoms with E-state index in [9.17, 15) is 9.18 Å². The van der Waals surface area contributed by atoms with Gasteiger partial charge in [-0.3, -0.25) is 10.0 Å². The van der Waals surface area contributed by atoms with Crippen LogP contribution >= 0.6 is 0 Å². The van der Waals surface area contributed by atoms with Crippen molar-refractivity contribution in [2.45, 2.75) is 25.3 Å². The first-order valence-corrected chi connectivity index (χ1v) is 8.38. The highest BCUT2D eigenvalue weighted by molar-refractivity contribution is 5.90. The van der Waals surface area contributed by atoms with E-state index in [2.05, 4.69) is 17.4 Å². The van der Waals surface area contributed by atoms with Crippen molar-refractivity contribution in [2.75, 3.05) is 6.54 Å². The molecule has 4 nitrogen and oxygen atoms in total. The standard InChI is InChI=1S/C20H21FN2O2/c21-17-6-1-14(2-7-17)11-12-22-19-9-5-16-13-15(3-8-18(16)19)4-10-20(24)23-25/h1-4,6-8,10,13,19,22,25H,5,9,11-12H2,(H,23,24)/b10-4+. The van der Waals surface area contributed by atoms with Crippen LogP contribution < -0.4 is 10.8 Å². The zero-order chi connectivity index (χ0) is 17.6. The zero-order valence-electron chi connectivity index (χ0n) is 13.8. The summed E-state index contributed by atoms with van der Waals surface area (Å²) in [5.41, 5.74) is 6.21. The average molecular weight is 340 g/mol. The maximum absolute atomic E-state index is 12.9. The molecular formula is C20H21FN2O2. The number of hydroxylamine groups is 1. The number of hydrogen-bond donors (Lipinski definition) is 3. The molecule has 5 heteroatoms. The molecule has 1 aliphatic rings. The molecule has 0 fully saturated rings. The Labute approximate surface area is 146 Å². The number of halogens is 1. The SMILES string of the molecule is O=C(/C=C/c1ccc2c(c1)CCC2NCCc1ccc(F)cc1)NO. The van der Waals surface area contributed by atoms with Crippen LogP contribution in [0, 0.1) is 5.82 Å². The minimum absolute atomic E-state index is 0.206. The number of fused-ring (bicyclic) bond motifs is 1. The lowest BCUT2D eigenvalue weighted by atomic mass is 10.0. The number of carbonyl (C=O) groups excluding carboxylic acids is 1. The van der Waals surface area contributed by atoms with Crippen molar-refractivity contribution in [3.8, 4) is 0 Å². The summed E-state index contributed by atoms with van der Waals surface area (Å²) >= 11 is 0. The highest BCUT2D eigenvalue weighted by Gasteiger charge is 2.21. The second kappa shape index (κ2) is 8.05. The number of aryl methyl sites for hydroxylation is 1. The van der Waals surface area contributed by atoms with E-state index in [0.29, 0.717) is 6.04 Å². The van der Waals surface area contributed by atoms with Crippen LogP contribution in [0.15, 0.2) is 48.5 Å². The van der Waals surface area contributed by atoms with Gasteiger partial charge >= 0.3 is 0 Å². The van der Waals surface area contributed by atoms with E-state index in [0.717, 1.165) is 36.9 Å².